The second kappa shape index (κ2) is 7.94. The molecule has 0 fully saturated rings. The molecule has 2 rings (SSSR count). The number of allylic oxidation sites excluding steroid dienone is 1. The molecule has 0 radical (unpaired) electrons. The van der Waals surface area contributed by atoms with Crippen LogP contribution in [-0.4, -0.2) is 25.5 Å². The van der Waals surface area contributed by atoms with Gasteiger partial charge < -0.3 is 9.47 Å². The van der Waals surface area contributed by atoms with Crippen molar-refractivity contribution in [2.24, 2.45) is 0 Å². The van der Waals surface area contributed by atoms with Crippen molar-refractivity contribution in [3.63, 3.8) is 0 Å². The Morgan fingerprint density at radius 3 is 2.13 bits per heavy atom. The molecule has 0 bridgehead atoms. The molecule has 0 atom stereocenters. The van der Waals surface area contributed by atoms with Crippen LogP contribution in [0.25, 0.3) is 6.08 Å². The Morgan fingerprint density at radius 2 is 1.57 bits per heavy atom. The van der Waals surface area contributed by atoms with Crippen LogP contribution in [0, 0.1) is 0 Å². The maximum absolute atomic E-state index is 12.1. The smallest absolute Gasteiger partial charge is 0.338 e. The average molecular weight is 310 g/mol. The van der Waals surface area contributed by atoms with Crippen LogP contribution >= 0.6 is 0 Å². The summed E-state index contributed by atoms with van der Waals surface area (Å²) in [4.78, 5) is 23.7. The molecule has 0 aliphatic heterocycles. The summed E-state index contributed by atoms with van der Waals surface area (Å²) in [5.74, 6) is 0.250. The molecular weight excluding hydrogens is 292 g/mol. The average Bonchev–Trinajstić information content (AvgIpc) is 2.60. The lowest BCUT2D eigenvalue weighted by atomic mass is 10.1. The first-order valence-electron chi connectivity index (χ1n) is 7.27. The van der Waals surface area contributed by atoms with Gasteiger partial charge in [0.05, 0.1) is 19.3 Å². The minimum Gasteiger partial charge on any atom is -0.497 e. The molecule has 0 N–H and O–H groups in total. The summed E-state index contributed by atoms with van der Waals surface area (Å²) in [6.07, 6.45) is 3.24. The Hall–Kier alpha value is -2.88. The monoisotopic (exact) mass is 310 g/mol. The highest BCUT2D eigenvalue weighted by Gasteiger charge is 2.07. The number of methoxy groups -OCH3 is 1. The minimum absolute atomic E-state index is 0.128. The van der Waals surface area contributed by atoms with Gasteiger partial charge in [0.2, 0.25) is 0 Å². The fourth-order valence-electron chi connectivity index (χ4n) is 1.97. The molecule has 0 amide bonds. The first kappa shape index (κ1) is 16.5. The van der Waals surface area contributed by atoms with Crippen LogP contribution in [0.4, 0.5) is 0 Å². The van der Waals surface area contributed by atoms with Gasteiger partial charge in [-0.15, -0.1) is 0 Å². The van der Waals surface area contributed by atoms with Gasteiger partial charge in [-0.3, -0.25) is 4.79 Å². The van der Waals surface area contributed by atoms with Crippen molar-refractivity contribution in [1.82, 2.24) is 0 Å². The zero-order valence-corrected chi connectivity index (χ0v) is 13.1. The highest BCUT2D eigenvalue weighted by atomic mass is 16.5. The van der Waals surface area contributed by atoms with Crippen molar-refractivity contribution in [1.29, 1.82) is 0 Å². The van der Waals surface area contributed by atoms with E-state index in [0.29, 0.717) is 17.7 Å². The number of benzene rings is 2. The Bertz CT molecular complexity index is 697. The predicted molar refractivity (Wildman–Crippen MR) is 88.8 cm³/mol. The zero-order valence-electron chi connectivity index (χ0n) is 13.1. The molecule has 23 heavy (non-hydrogen) atoms. The topological polar surface area (TPSA) is 52.6 Å². The van der Waals surface area contributed by atoms with E-state index >= 15 is 0 Å². The second-order valence-corrected chi connectivity index (χ2v) is 4.77. The van der Waals surface area contributed by atoms with Crippen LogP contribution in [-0.2, 0) is 4.74 Å². The predicted octanol–water partition coefficient (Wildman–Crippen LogP) is 3.77. The van der Waals surface area contributed by atoms with E-state index in [0.717, 1.165) is 11.3 Å². The number of rotatable bonds is 6. The molecule has 4 heteroatoms. The lowest BCUT2D eigenvalue weighted by Gasteiger charge is -2.02. The van der Waals surface area contributed by atoms with Gasteiger partial charge in [-0.2, -0.15) is 0 Å². The summed E-state index contributed by atoms with van der Waals surface area (Å²) in [7, 11) is 1.61. The van der Waals surface area contributed by atoms with Gasteiger partial charge in [-0.1, -0.05) is 30.3 Å². The molecule has 0 saturated heterocycles. The molecule has 0 heterocycles. The van der Waals surface area contributed by atoms with Crippen molar-refractivity contribution in [2.75, 3.05) is 13.7 Å². The van der Waals surface area contributed by atoms with E-state index in [4.69, 9.17) is 9.47 Å². The van der Waals surface area contributed by atoms with E-state index < -0.39 is 0 Å². The van der Waals surface area contributed by atoms with E-state index in [2.05, 4.69) is 0 Å². The first-order valence-corrected chi connectivity index (χ1v) is 7.27. The highest BCUT2D eigenvalue weighted by molar-refractivity contribution is 6.07. The van der Waals surface area contributed by atoms with Crippen molar-refractivity contribution >= 4 is 17.8 Å². The molecule has 2 aromatic rings. The van der Waals surface area contributed by atoms with Gasteiger partial charge in [-0.05, 0) is 42.8 Å². The van der Waals surface area contributed by atoms with E-state index in [-0.39, 0.29) is 11.8 Å². The second-order valence-electron chi connectivity index (χ2n) is 4.77. The fraction of sp³-hybridized carbons (Fsp3) is 0.158. The quantitative estimate of drug-likeness (QED) is 0.463. The van der Waals surface area contributed by atoms with Gasteiger partial charge in [0.1, 0.15) is 5.75 Å². The molecular formula is C19H18O4. The SMILES string of the molecule is CCOC(=O)c1ccc(C(=O)C=Cc2ccc(OC)cc2)cc1. The summed E-state index contributed by atoms with van der Waals surface area (Å²) in [5, 5.41) is 0. The van der Waals surface area contributed by atoms with Gasteiger partial charge in [0.25, 0.3) is 0 Å². The number of hydrogen-bond acceptors (Lipinski definition) is 4. The van der Waals surface area contributed by atoms with E-state index in [1.165, 1.54) is 6.08 Å². The van der Waals surface area contributed by atoms with Crippen LogP contribution in [0.1, 0.15) is 33.2 Å². The third-order valence-corrected chi connectivity index (χ3v) is 3.22. The molecule has 0 spiro atoms. The number of ketones is 1. The number of ether oxygens (including phenoxy) is 2. The van der Waals surface area contributed by atoms with E-state index in [1.54, 1.807) is 44.4 Å². The van der Waals surface area contributed by atoms with Crippen LogP contribution < -0.4 is 4.74 Å². The molecule has 0 aliphatic carbocycles. The number of carbonyl (C=O) groups is 2. The number of hydrogen-bond donors (Lipinski definition) is 0. The van der Waals surface area contributed by atoms with Gasteiger partial charge in [0, 0.05) is 5.56 Å². The largest absolute Gasteiger partial charge is 0.497 e. The van der Waals surface area contributed by atoms with Crippen molar-refractivity contribution in [3.05, 3.63) is 71.3 Å². The van der Waals surface area contributed by atoms with E-state index in [1.807, 2.05) is 24.3 Å². The van der Waals surface area contributed by atoms with Crippen LogP contribution in [0.2, 0.25) is 0 Å². The molecule has 2 aromatic carbocycles. The Morgan fingerprint density at radius 1 is 0.957 bits per heavy atom. The number of esters is 1. The summed E-state index contributed by atoms with van der Waals surface area (Å²) >= 11 is 0. The fourth-order valence-corrected chi connectivity index (χ4v) is 1.97. The normalized spacial score (nSPS) is 10.5. The van der Waals surface area contributed by atoms with Gasteiger partial charge in [-0.25, -0.2) is 4.79 Å². The maximum Gasteiger partial charge on any atom is 0.338 e. The molecule has 0 aliphatic rings. The highest BCUT2D eigenvalue weighted by Crippen LogP contribution is 2.13. The Labute approximate surface area is 135 Å². The summed E-state index contributed by atoms with van der Waals surface area (Å²) in [5.41, 5.74) is 1.85. The molecule has 4 nitrogen and oxygen atoms in total. The lowest BCUT2D eigenvalue weighted by Crippen LogP contribution is -2.05. The molecule has 0 aromatic heterocycles. The third kappa shape index (κ3) is 4.54. The standard InChI is InChI=1S/C19H18O4/c1-3-23-19(21)16-9-7-15(8-10-16)18(20)13-6-14-4-11-17(22-2)12-5-14/h4-13H,3H2,1-2H3. The van der Waals surface area contributed by atoms with E-state index in [9.17, 15) is 9.59 Å². The third-order valence-electron chi connectivity index (χ3n) is 3.22. The maximum atomic E-state index is 12.1. The zero-order chi connectivity index (χ0) is 16.7. The number of carbonyl (C=O) groups excluding carboxylic acids is 2. The molecule has 0 saturated carbocycles. The van der Waals surface area contributed by atoms with Crippen LogP contribution in [0.3, 0.4) is 0 Å². The van der Waals surface area contributed by atoms with Crippen LogP contribution in [0.5, 0.6) is 5.75 Å². The summed E-state index contributed by atoms with van der Waals surface area (Å²) < 4.78 is 9.99. The summed E-state index contributed by atoms with van der Waals surface area (Å²) in [6.45, 7) is 2.07. The van der Waals surface area contributed by atoms with Crippen molar-refractivity contribution in [2.45, 2.75) is 6.92 Å². The molecule has 118 valence electrons. The lowest BCUT2D eigenvalue weighted by molar-refractivity contribution is 0.0526. The first-order chi connectivity index (χ1) is 11.1. The minimum atomic E-state index is -0.389. The Kier molecular flexibility index (Phi) is 5.69. The van der Waals surface area contributed by atoms with Crippen molar-refractivity contribution in [3.8, 4) is 5.75 Å². The van der Waals surface area contributed by atoms with Gasteiger partial charge >= 0.3 is 5.97 Å². The molecule has 0 unspecified atom stereocenters. The van der Waals surface area contributed by atoms with Crippen molar-refractivity contribution < 1.29 is 19.1 Å². The van der Waals surface area contributed by atoms with Gasteiger partial charge in [0.15, 0.2) is 5.78 Å². The van der Waals surface area contributed by atoms with Crippen LogP contribution in [0.15, 0.2) is 54.6 Å². The Balaban J connectivity index is 2.04. The summed E-state index contributed by atoms with van der Waals surface area (Å²) in [6, 6.07) is 13.8.